The lowest BCUT2D eigenvalue weighted by Gasteiger charge is -2.11. The Labute approximate surface area is 110 Å². The van der Waals surface area contributed by atoms with E-state index in [1.807, 2.05) is 32.9 Å². The maximum absolute atomic E-state index is 11.9. The van der Waals surface area contributed by atoms with Crippen molar-refractivity contribution in [3.63, 3.8) is 0 Å². The van der Waals surface area contributed by atoms with Gasteiger partial charge in [-0.1, -0.05) is 17.7 Å². The fraction of sp³-hybridized carbons (Fsp3) is 0.500. The number of aryl methyl sites for hydroxylation is 3. The zero-order valence-corrected chi connectivity index (χ0v) is 11.2. The predicted octanol–water partition coefficient (Wildman–Crippen LogP) is 3.76. The Morgan fingerprint density at radius 2 is 1.68 bits per heavy atom. The lowest BCUT2D eigenvalue weighted by molar-refractivity contribution is -0.144. The molecule has 0 fully saturated rings. The molecule has 2 nitrogen and oxygen atoms in total. The molecule has 1 aromatic carbocycles. The van der Waals surface area contributed by atoms with Gasteiger partial charge >= 0.3 is 6.18 Å². The van der Waals surface area contributed by atoms with Crippen molar-refractivity contribution < 1.29 is 22.7 Å². The fourth-order valence-corrected chi connectivity index (χ4v) is 2.04. The van der Waals surface area contributed by atoms with Crippen molar-refractivity contribution in [3.05, 3.63) is 34.4 Å². The topological polar surface area (TPSA) is 26.3 Å². The molecule has 0 N–H and O–H groups in total. The van der Waals surface area contributed by atoms with E-state index in [0.717, 1.165) is 16.7 Å². The van der Waals surface area contributed by atoms with Gasteiger partial charge in [-0.3, -0.25) is 4.79 Å². The van der Waals surface area contributed by atoms with Gasteiger partial charge in [0.15, 0.2) is 5.78 Å². The predicted molar refractivity (Wildman–Crippen MR) is 66.5 cm³/mol. The van der Waals surface area contributed by atoms with Crippen LogP contribution in [0, 0.1) is 20.8 Å². The van der Waals surface area contributed by atoms with E-state index in [1.165, 1.54) is 0 Å². The summed E-state index contributed by atoms with van der Waals surface area (Å²) in [6, 6.07) is 3.74. The highest BCUT2D eigenvalue weighted by atomic mass is 19.4. The van der Waals surface area contributed by atoms with Gasteiger partial charge in [-0.25, -0.2) is 0 Å². The van der Waals surface area contributed by atoms with E-state index in [0.29, 0.717) is 5.56 Å². The van der Waals surface area contributed by atoms with Gasteiger partial charge in [-0.2, -0.15) is 13.2 Å². The van der Waals surface area contributed by atoms with Crippen LogP contribution in [0.2, 0.25) is 0 Å². The number of rotatable bonds is 5. The van der Waals surface area contributed by atoms with Gasteiger partial charge in [0.1, 0.15) is 6.61 Å². The van der Waals surface area contributed by atoms with E-state index in [2.05, 4.69) is 0 Å². The molecule has 0 amide bonds. The Bertz CT molecular complexity index is 441. The SMILES string of the molecule is Cc1cc(C)c(C(=O)COCCC(F)(F)F)c(C)c1. The molecule has 0 aliphatic carbocycles. The summed E-state index contributed by atoms with van der Waals surface area (Å²) in [4.78, 5) is 11.9. The molecule has 0 atom stereocenters. The summed E-state index contributed by atoms with van der Waals surface area (Å²) >= 11 is 0. The third-order valence-corrected chi connectivity index (χ3v) is 2.72. The number of ether oxygens (including phenoxy) is 1. The Balaban J connectivity index is 2.60. The number of hydrogen-bond donors (Lipinski definition) is 0. The van der Waals surface area contributed by atoms with Gasteiger partial charge in [0.25, 0.3) is 0 Å². The van der Waals surface area contributed by atoms with Crippen LogP contribution in [-0.2, 0) is 4.74 Å². The first-order valence-electron chi connectivity index (χ1n) is 5.96. The molecule has 0 unspecified atom stereocenters. The third-order valence-electron chi connectivity index (χ3n) is 2.72. The molecule has 0 aliphatic rings. The molecule has 5 heteroatoms. The van der Waals surface area contributed by atoms with Crippen LogP contribution in [0.15, 0.2) is 12.1 Å². The van der Waals surface area contributed by atoms with Gasteiger partial charge in [0.05, 0.1) is 13.0 Å². The van der Waals surface area contributed by atoms with E-state index in [1.54, 1.807) is 0 Å². The van der Waals surface area contributed by atoms with Gasteiger partial charge in [-0.15, -0.1) is 0 Å². The molecule has 1 aromatic rings. The third kappa shape index (κ3) is 5.03. The highest BCUT2D eigenvalue weighted by Gasteiger charge is 2.26. The molecule has 0 aliphatic heterocycles. The molecule has 19 heavy (non-hydrogen) atoms. The average Bonchev–Trinajstić information content (AvgIpc) is 2.21. The molecule has 106 valence electrons. The van der Waals surface area contributed by atoms with Gasteiger partial charge in [0.2, 0.25) is 0 Å². The van der Waals surface area contributed by atoms with Crippen molar-refractivity contribution in [1.82, 2.24) is 0 Å². The maximum atomic E-state index is 11.9. The number of Topliss-reactive ketones (excluding diaryl/α,β-unsaturated/α-hetero) is 1. The van der Waals surface area contributed by atoms with Crippen molar-refractivity contribution in [3.8, 4) is 0 Å². The Morgan fingerprint density at radius 3 is 2.16 bits per heavy atom. The highest BCUT2D eigenvalue weighted by molar-refractivity contribution is 5.99. The number of ketones is 1. The van der Waals surface area contributed by atoms with Crippen LogP contribution in [0.3, 0.4) is 0 Å². The van der Waals surface area contributed by atoms with Crippen molar-refractivity contribution in [1.29, 1.82) is 0 Å². The minimum atomic E-state index is -4.25. The maximum Gasteiger partial charge on any atom is 0.391 e. The number of hydrogen-bond acceptors (Lipinski definition) is 2. The van der Waals surface area contributed by atoms with E-state index in [9.17, 15) is 18.0 Å². The molecule has 0 heterocycles. The first-order valence-corrected chi connectivity index (χ1v) is 5.96. The second-order valence-corrected chi connectivity index (χ2v) is 4.61. The van der Waals surface area contributed by atoms with Gasteiger partial charge in [0, 0.05) is 5.56 Å². The molecule has 0 radical (unpaired) electrons. The van der Waals surface area contributed by atoms with Crippen LogP contribution in [0.4, 0.5) is 13.2 Å². The first kappa shape index (κ1) is 15.7. The van der Waals surface area contributed by atoms with Crippen LogP contribution in [0.1, 0.15) is 33.5 Å². The average molecular weight is 274 g/mol. The quantitative estimate of drug-likeness (QED) is 0.603. The summed E-state index contributed by atoms with van der Waals surface area (Å²) in [6.07, 6.45) is -5.29. The van der Waals surface area contributed by atoms with Gasteiger partial charge in [-0.05, 0) is 31.9 Å². The summed E-state index contributed by atoms with van der Waals surface area (Å²) in [7, 11) is 0. The van der Waals surface area contributed by atoms with Crippen molar-refractivity contribution in [2.45, 2.75) is 33.4 Å². The largest absolute Gasteiger partial charge is 0.391 e. The fourth-order valence-electron chi connectivity index (χ4n) is 2.04. The minimum Gasteiger partial charge on any atom is -0.373 e. The standard InChI is InChI=1S/C14H17F3O2/c1-9-6-10(2)13(11(3)7-9)12(18)8-19-5-4-14(15,16)17/h6-7H,4-5,8H2,1-3H3. The number of carbonyl (C=O) groups is 1. The monoisotopic (exact) mass is 274 g/mol. The van der Waals surface area contributed by atoms with Crippen LogP contribution in [-0.4, -0.2) is 25.2 Å². The van der Waals surface area contributed by atoms with Crippen LogP contribution in [0.5, 0.6) is 0 Å². The number of carbonyl (C=O) groups excluding carboxylic acids is 1. The van der Waals surface area contributed by atoms with E-state index in [4.69, 9.17) is 4.74 Å². The number of halogens is 3. The highest BCUT2D eigenvalue weighted by Crippen LogP contribution is 2.20. The van der Waals surface area contributed by atoms with Crippen molar-refractivity contribution in [2.75, 3.05) is 13.2 Å². The van der Waals surface area contributed by atoms with E-state index < -0.39 is 19.2 Å². The zero-order chi connectivity index (χ0) is 14.6. The number of alkyl halides is 3. The summed E-state index contributed by atoms with van der Waals surface area (Å²) in [6.45, 7) is 4.74. The second kappa shape index (κ2) is 6.19. The molecule has 0 saturated carbocycles. The molecule has 1 rings (SSSR count). The molecule has 0 bridgehead atoms. The first-order chi connectivity index (χ1) is 8.70. The Kier molecular flexibility index (Phi) is 5.11. The molecular formula is C14H17F3O2. The Morgan fingerprint density at radius 1 is 1.16 bits per heavy atom. The molecule has 0 saturated heterocycles. The zero-order valence-electron chi connectivity index (χ0n) is 11.2. The van der Waals surface area contributed by atoms with Crippen molar-refractivity contribution >= 4 is 5.78 Å². The van der Waals surface area contributed by atoms with E-state index in [-0.39, 0.29) is 12.4 Å². The molecule has 0 aromatic heterocycles. The summed E-state index contributed by atoms with van der Waals surface area (Å²) < 4.78 is 40.5. The van der Waals surface area contributed by atoms with Crippen LogP contribution >= 0.6 is 0 Å². The Hall–Kier alpha value is -1.36. The van der Waals surface area contributed by atoms with Crippen LogP contribution in [0.25, 0.3) is 0 Å². The second-order valence-electron chi connectivity index (χ2n) is 4.61. The van der Waals surface area contributed by atoms with Gasteiger partial charge < -0.3 is 4.74 Å². The summed E-state index contributed by atoms with van der Waals surface area (Å²) in [5.74, 6) is -0.280. The lowest BCUT2D eigenvalue weighted by Crippen LogP contribution is -2.16. The van der Waals surface area contributed by atoms with E-state index >= 15 is 0 Å². The lowest BCUT2D eigenvalue weighted by atomic mass is 9.97. The van der Waals surface area contributed by atoms with Crippen LogP contribution < -0.4 is 0 Å². The number of benzene rings is 1. The molecule has 0 spiro atoms. The van der Waals surface area contributed by atoms with Crippen molar-refractivity contribution in [2.24, 2.45) is 0 Å². The summed E-state index contributed by atoms with van der Waals surface area (Å²) in [5.41, 5.74) is 3.23. The molecular weight excluding hydrogens is 257 g/mol. The summed E-state index contributed by atoms with van der Waals surface area (Å²) in [5, 5.41) is 0. The smallest absolute Gasteiger partial charge is 0.373 e. The minimum absolute atomic E-state index is 0.280. The normalized spacial score (nSPS) is 11.7.